The van der Waals surface area contributed by atoms with Gasteiger partial charge in [0, 0.05) is 12.6 Å². The highest BCUT2D eigenvalue weighted by Crippen LogP contribution is 2.44. The van der Waals surface area contributed by atoms with E-state index in [1.807, 2.05) is 13.8 Å². The van der Waals surface area contributed by atoms with Crippen molar-refractivity contribution in [3.63, 3.8) is 0 Å². The Morgan fingerprint density at radius 2 is 1.71 bits per heavy atom. The molecule has 1 heterocycles. The molecule has 0 aromatic rings. The molecule has 3 heteroatoms. The molecule has 2 aliphatic rings. The molecule has 17 heavy (non-hydrogen) atoms. The van der Waals surface area contributed by atoms with E-state index in [4.69, 9.17) is 5.73 Å². The summed E-state index contributed by atoms with van der Waals surface area (Å²) in [5.41, 5.74) is 6.02. The molecule has 3 N–H and O–H groups in total. The first-order chi connectivity index (χ1) is 7.89. The highest BCUT2D eigenvalue weighted by atomic mass is 16.3. The Hall–Kier alpha value is -0.120. The van der Waals surface area contributed by atoms with E-state index < -0.39 is 5.60 Å². The molecule has 3 nitrogen and oxygen atoms in total. The van der Waals surface area contributed by atoms with Crippen LogP contribution >= 0.6 is 0 Å². The molecule has 1 saturated carbocycles. The van der Waals surface area contributed by atoms with Crippen LogP contribution in [0.1, 0.15) is 52.4 Å². The normalized spacial score (nSPS) is 27.5. The van der Waals surface area contributed by atoms with Gasteiger partial charge in [-0.1, -0.05) is 0 Å². The van der Waals surface area contributed by atoms with E-state index in [1.54, 1.807) is 0 Å². The molecule has 0 atom stereocenters. The molecule has 0 radical (unpaired) electrons. The average molecular weight is 240 g/mol. The molecule has 1 spiro atoms. The van der Waals surface area contributed by atoms with E-state index in [-0.39, 0.29) is 0 Å². The minimum atomic E-state index is -0.556. The van der Waals surface area contributed by atoms with E-state index in [9.17, 15) is 5.11 Å². The zero-order chi connectivity index (χ0) is 12.5. The van der Waals surface area contributed by atoms with Gasteiger partial charge in [-0.15, -0.1) is 0 Å². The van der Waals surface area contributed by atoms with Gasteiger partial charge in [0.05, 0.1) is 5.60 Å². The van der Waals surface area contributed by atoms with Crippen molar-refractivity contribution in [1.82, 2.24) is 4.90 Å². The Balaban J connectivity index is 1.81. The van der Waals surface area contributed by atoms with Crippen molar-refractivity contribution in [1.29, 1.82) is 0 Å². The van der Waals surface area contributed by atoms with Crippen molar-refractivity contribution < 1.29 is 5.11 Å². The molecule has 2 fully saturated rings. The number of β-amino-alcohol motifs (C(OH)–C–C–N with tert-alkyl or cyclic N) is 1. The zero-order valence-electron chi connectivity index (χ0n) is 11.4. The van der Waals surface area contributed by atoms with Crippen LogP contribution in [-0.2, 0) is 0 Å². The molecule has 0 aromatic heterocycles. The van der Waals surface area contributed by atoms with E-state index >= 15 is 0 Å². The van der Waals surface area contributed by atoms with Gasteiger partial charge in [-0.05, 0) is 70.9 Å². The number of nitrogens with two attached hydrogens (primary N) is 1. The number of rotatable bonds is 2. The highest BCUT2D eigenvalue weighted by Gasteiger charge is 2.37. The summed E-state index contributed by atoms with van der Waals surface area (Å²) in [6, 6.07) is 0.454. The Morgan fingerprint density at radius 3 is 2.18 bits per heavy atom. The fraction of sp³-hybridized carbons (Fsp3) is 1.00. The molecular weight excluding hydrogens is 212 g/mol. The maximum Gasteiger partial charge on any atom is 0.0718 e. The number of piperidine rings is 1. The summed E-state index contributed by atoms with van der Waals surface area (Å²) in [5, 5.41) is 9.85. The van der Waals surface area contributed by atoms with Gasteiger partial charge in [-0.25, -0.2) is 0 Å². The molecule has 0 unspecified atom stereocenters. The summed E-state index contributed by atoms with van der Waals surface area (Å²) in [5.74, 6) is 0. The molecule has 100 valence electrons. The average Bonchev–Trinajstić information content (AvgIpc) is 2.24. The lowest BCUT2D eigenvalue weighted by atomic mass is 9.67. The van der Waals surface area contributed by atoms with Crippen molar-refractivity contribution in [2.75, 3.05) is 19.6 Å². The standard InChI is InChI=1S/C14H28N2O/c1-13(2,17)11-16-9-7-14(8-10-16)5-3-12(15)4-6-14/h12,17H,3-11,15H2,1-2H3. The van der Waals surface area contributed by atoms with Crippen LogP contribution in [0.15, 0.2) is 0 Å². The van der Waals surface area contributed by atoms with Gasteiger partial charge in [0.25, 0.3) is 0 Å². The van der Waals surface area contributed by atoms with Crippen molar-refractivity contribution in [3.8, 4) is 0 Å². The second-order valence-corrected chi connectivity index (χ2v) is 6.93. The van der Waals surface area contributed by atoms with Crippen LogP contribution in [0.5, 0.6) is 0 Å². The monoisotopic (exact) mass is 240 g/mol. The third-order valence-corrected chi connectivity index (χ3v) is 4.62. The maximum absolute atomic E-state index is 9.85. The second kappa shape index (κ2) is 4.87. The van der Waals surface area contributed by atoms with Gasteiger partial charge in [0.1, 0.15) is 0 Å². The van der Waals surface area contributed by atoms with E-state index in [0.717, 1.165) is 19.6 Å². The predicted octanol–water partition coefficient (Wildman–Crippen LogP) is 1.74. The number of nitrogens with zero attached hydrogens (tertiary/aromatic N) is 1. The number of hydrogen-bond donors (Lipinski definition) is 2. The summed E-state index contributed by atoms with van der Waals surface area (Å²) in [4.78, 5) is 2.42. The van der Waals surface area contributed by atoms with Gasteiger partial charge in [-0.2, -0.15) is 0 Å². The zero-order valence-corrected chi connectivity index (χ0v) is 11.4. The van der Waals surface area contributed by atoms with Crippen molar-refractivity contribution in [2.45, 2.75) is 64.0 Å². The Labute approximate surface area is 105 Å². The lowest BCUT2D eigenvalue weighted by Crippen LogP contribution is -2.47. The fourth-order valence-corrected chi connectivity index (χ4v) is 3.49. The van der Waals surface area contributed by atoms with Crippen LogP contribution in [0.3, 0.4) is 0 Å². The van der Waals surface area contributed by atoms with Crippen molar-refractivity contribution >= 4 is 0 Å². The fourth-order valence-electron chi connectivity index (χ4n) is 3.49. The van der Waals surface area contributed by atoms with Crippen molar-refractivity contribution in [2.24, 2.45) is 11.1 Å². The topological polar surface area (TPSA) is 49.5 Å². The van der Waals surface area contributed by atoms with Gasteiger partial charge in [-0.3, -0.25) is 0 Å². The lowest BCUT2D eigenvalue weighted by molar-refractivity contribution is 0.0000906. The number of hydrogen-bond acceptors (Lipinski definition) is 3. The van der Waals surface area contributed by atoms with Crippen LogP contribution in [-0.4, -0.2) is 41.3 Å². The van der Waals surface area contributed by atoms with Gasteiger partial charge < -0.3 is 15.7 Å². The Bertz CT molecular complexity index is 241. The van der Waals surface area contributed by atoms with Crippen LogP contribution in [0.25, 0.3) is 0 Å². The lowest BCUT2D eigenvalue weighted by Gasteiger charge is -2.46. The molecule has 0 amide bonds. The SMILES string of the molecule is CC(C)(O)CN1CCC2(CCC(N)CC2)CC1. The first kappa shape index (κ1) is 13.3. The smallest absolute Gasteiger partial charge is 0.0718 e. The first-order valence-electron chi connectivity index (χ1n) is 7.09. The minimum absolute atomic E-state index is 0.454. The predicted molar refractivity (Wildman–Crippen MR) is 70.8 cm³/mol. The largest absolute Gasteiger partial charge is 0.389 e. The molecule has 1 aliphatic carbocycles. The first-order valence-corrected chi connectivity index (χ1v) is 7.09. The van der Waals surface area contributed by atoms with Crippen molar-refractivity contribution in [3.05, 3.63) is 0 Å². The number of likely N-dealkylation sites (tertiary alicyclic amines) is 1. The molecule has 1 saturated heterocycles. The Kier molecular flexibility index (Phi) is 3.81. The summed E-state index contributed by atoms with van der Waals surface area (Å²) in [6.07, 6.45) is 7.68. The van der Waals surface area contributed by atoms with E-state index in [2.05, 4.69) is 4.90 Å². The summed E-state index contributed by atoms with van der Waals surface area (Å²) >= 11 is 0. The van der Waals surface area contributed by atoms with Gasteiger partial charge in [0.15, 0.2) is 0 Å². The second-order valence-electron chi connectivity index (χ2n) is 6.93. The van der Waals surface area contributed by atoms with Gasteiger partial charge >= 0.3 is 0 Å². The van der Waals surface area contributed by atoms with E-state index in [1.165, 1.54) is 38.5 Å². The summed E-state index contributed by atoms with van der Waals surface area (Å²) in [6.45, 7) is 6.91. The molecule has 1 aliphatic heterocycles. The van der Waals surface area contributed by atoms with Crippen LogP contribution in [0.2, 0.25) is 0 Å². The molecular formula is C14H28N2O. The molecule has 0 bridgehead atoms. The third-order valence-electron chi connectivity index (χ3n) is 4.62. The van der Waals surface area contributed by atoms with Gasteiger partial charge in [0.2, 0.25) is 0 Å². The summed E-state index contributed by atoms with van der Waals surface area (Å²) in [7, 11) is 0. The highest BCUT2D eigenvalue weighted by molar-refractivity contribution is 4.91. The minimum Gasteiger partial charge on any atom is -0.389 e. The van der Waals surface area contributed by atoms with Crippen LogP contribution in [0, 0.1) is 5.41 Å². The maximum atomic E-state index is 9.85. The molecule has 2 rings (SSSR count). The third kappa shape index (κ3) is 3.67. The number of aliphatic hydroxyl groups is 1. The quantitative estimate of drug-likeness (QED) is 0.773. The van der Waals surface area contributed by atoms with Crippen LogP contribution in [0.4, 0.5) is 0 Å². The summed E-state index contributed by atoms with van der Waals surface area (Å²) < 4.78 is 0. The van der Waals surface area contributed by atoms with E-state index in [0.29, 0.717) is 11.5 Å². The Morgan fingerprint density at radius 1 is 1.18 bits per heavy atom. The molecule has 0 aromatic carbocycles. The van der Waals surface area contributed by atoms with Crippen LogP contribution < -0.4 is 5.73 Å².